The van der Waals surface area contributed by atoms with Crippen LogP contribution in [0.25, 0.3) is 50.1 Å². The van der Waals surface area contributed by atoms with Gasteiger partial charge in [0.05, 0.1) is 6.17 Å². The lowest BCUT2D eigenvalue weighted by Gasteiger charge is -2.27. The topological polar surface area (TPSA) is 53.6 Å². The van der Waals surface area contributed by atoms with E-state index < -0.39 is 0 Å². The molecule has 3 N–H and O–H groups in total. The maximum atomic E-state index is 6.76. The van der Waals surface area contributed by atoms with Crippen molar-refractivity contribution < 1.29 is 0 Å². The third-order valence-corrected chi connectivity index (χ3v) is 16.8. The van der Waals surface area contributed by atoms with E-state index in [9.17, 15) is 0 Å². The molecule has 0 spiro atoms. The molecule has 3 unspecified atom stereocenters. The average Bonchev–Trinajstić information content (AvgIpc) is 3.53. The zero-order chi connectivity index (χ0) is 56.0. The number of anilines is 2. The van der Waals surface area contributed by atoms with E-state index in [1.165, 1.54) is 89.3 Å². The summed E-state index contributed by atoms with van der Waals surface area (Å²) < 4.78 is 0. The summed E-state index contributed by atoms with van der Waals surface area (Å²) in [5.74, 6) is 0.193. The van der Waals surface area contributed by atoms with Gasteiger partial charge < -0.3 is 10.6 Å². The van der Waals surface area contributed by atoms with E-state index in [1.54, 1.807) is 6.26 Å². The number of aliphatic imine (C=N–C) groups is 1. The highest BCUT2D eigenvalue weighted by molar-refractivity contribution is 7.80. The van der Waals surface area contributed by atoms with Gasteiger partial charge in [0, 0.05) is 39.0 Å². The monoisotopic (exact) mass is 1090 g/mol. The Bertz CT molecular complexity index is 3880. The Labute approximate surface area is 491 Å². The molecule has 0 bridgehead atoms. The molecule has 402 valence electrons. The van der Waals surface area contributed by atoms with Gasteiger partial charge in [-0.15, -0.1) is 12.6 Å². The molecule has 81 heavy (non-hydrogen) atoms. The van der Waals surface area contributed by atoms with E-state index in [0.29, 0.717) is 0 Å². The number of allylic oxidation sites excluding steroid dienone is 6. The van der Waals surface area contributed by atoms with Crippen LogP contribution in [0.1, 0.15) is 91.1 Å². The molecule has 9 aromatic carbocycles. The number of hydrogen-bond acceptors (Lipinski definition) is 6. The SMILES string of the molecule is C/C(=N\C(NC(N)c1ccccc1)C1=CCCC=C1)c1cccc(C2=CCC3C(=C2)N(c2cccc(-c4ccccc4)c2)c2ccc(-c4cccc(-c5cccc6c5C(C)(C)c5ccccc5-6)c4)cc23)c1.CS.Cc1ccccc1S. The number of benzene rings is 9. The summed E-state index contributed by atoms with van der Waals surface area (Å²) in [6.07, 6.45) is 15.6. The van der Waals surface area contributed by atoms with Crippen LogP contribution in [-0.2, 0) is 5.41 Å². The highest BCUT2D eigenvalue weighted by Crippen LogP contribution is 2.55. The second-order valence-electron chi connectivity index (χ2n) is 21.7. The van der Waals surface area contributed by atoms with Crippen LogP contribution in [-0.4, -0.2) is 18.1 Å². The maximum absolute atomic E-state index is 6.76. The Kier molecular flexibility index (Phi) is 16.6. The Morgan fingerprint density at radius 1 is 0.617 bits per heavy atom. The van der Waals surface area contributed by atoms with E-state index in [-0.39, 0.29) is 23.7 Å². The lowest BCUT2D eigenvalue weighted by atomic mass is 9.78. The molecule has 1 heterocycles. The van der Waals surface area contributed by atoms with Gasteiger partial charge in [-0.1, -0.05) is 214 Å². The molecule has 4 nitrogen and oxygen atoms in total. The van der Waals surface area contributed by atoms with Crippen molar-refractivity contribution in [1.82, 2.24) is 5.32 Å². The van der Waals surface area contributed by atoms with Crippen molar-refractivity contribution >= 4 is 47.9 Å². The standard InChI is InChI=1S/C67H58N4.C7H8S.CH4S/c1-44(69-66(47-23-11-6-12-24-47)70-65(68)46-21-9-5-10-22-46)48-25-15-26-49(39-48)53-35-37-58-60-42-52(36-38-62(60)71(63(58)43-53)55-30-17-28-51(41-55)45-19-7-4-8-20-45)50-27-16-29-54(40-50)56-32-18-33-59-57-31-13-14-34-61(57)67(2,3)64(56)59;1-6-4-2-3-5-7(6)8;1-2/h4-5,7-11,13-36,38-43,58,65-66,70H,6,12,37,68H2,1-3H3;2-5,8H,1H3;2H,1H3/b69-44+;;. The Morgan fingerprint density at radius 3 is 2.02 bits per heavy atom. The molecule has 3 atom stereocenters. The van der Waals surface area contributed by atoms with Gasteiger partial charge in [0.25, 0.3) is 0 Å². The summed E-state index contributed by atoms with van der Waals surface area (Å²) in [5.41, 5.74) is 32.5. The molecular weight excluding hydrogens is 1020 g/mol. The number of hydrogen-bond donors (Lipinski definition) is 4. The van der Waals surface area contributed by atoms with E-state index in [0.717, 1.165) is 52.3 Å². The molecule has 9 aromatic rings. The Morgan fingerprint density at radius 2 is 1.26 bits per heavy atom. The first kappa shape index (κ1) is 55.0. The van der Waals surface area contributed by atoms with Crippen molar-refractivity contribution in [2.45, 2.75) is 75.5 Å². The number of nitrogens with zero attached hydrogens (tertiary/aromatic N) is 2. The predicted octanol–water partition coefficient (Wildman–Crippen LogP) is 19.1. The van der Waals surface area contributed by atoms with E-state index in [4.69, 9.17) is 10.7 Å². The highest BCUT2D eigenvalue weighted by atomic mass is 32.1. The molecule has 0 fully saturated rings. The van der Waals surface area contributed by atoms with Crippen molar-refractivity contribution in [3.05, 3.63) is 299 Å². The number of aryl methyl sites for hydroxylation is 1. The molecule has 0 radical (unpaired) electrons. The van der Waals surface area contributed by atoms with Gasteiger partial charge in [-0.05, 0) is 183 Å². The normalized spacial score (nSPS) is 16.1. The quantitative estimate of drug-likeness (QED) is 0.0593. The number of fused-ring (bicyclic) bond motifs is 6. The molecular formula is C75H70N4S2. The molecule has 0 saturated carbocycles. The van der Waals surface area contributed by atoms with Crippen LogP contribution < -0.4 is 16.0 Å². The molecule has 3 aliphatic carbocycles. The van der Waals surface area contributed by atoms with Gasteiger partial charge in [-0.3, -0.25) is 10.3 Å². The first-order valence-corrected chi connectivity index (χ1v) is 29.6. The van der Waals surface area contributed by atoms with E-state index >= 15 is 0 Å². The van der Waals surface area contributed by atoms with Crippen LogP contribution in [0.4, 0.5) is 11.4 Å². The minimum Gasteiger partial charge on any atom is -0.313 e. The highest BCUT2D eigenvalue weighted by Gasteiger charge is 2.38. The fourth-order valence-electron chi connectivity index (χ4n) is 12.2. The third-order valence-electron chi connectivity index (χ3n) is 16.3. The van der Waals surface area contributed by atoms with E-state index in [2.05, 4.69) is 263 Å². The Balaban J connectivity index is 0.000000631. The number of nitrogens with two attached hydrogens (primary N) is 1. The zero-order valence-electron chi connectivity index (χ0n) is 46.9. The van der Waals surface area contributed by atoms with Crippen LogP contribution in [0.15, 0.2) is 270 Å². The summed E-state index contributed by atoms with van der Waals surface area (Å²) in [5, 5.41) is 3.63. The van der Waals surface area contributed by atoms with Crippen LogP contribution in [0, 0.1) is 6.92 Å². The fourth-order valence-corrected chi connectivity index (χ4v) is 12.3. The van der Waals surface area contributed by atoms with Gasteiger partial charge in [0.1, 0.15) is 6.17 Å². The summed E-state index contributed by atoms with van der Waals surface area (Å²) in [6, 6.07) is 78.9. The first-order chi connectivity index (χ1) is 39.6. The largest absolute Gasteiger partial charge is 0.313 e. The second kappa shape index (κ2) is 24.4. The number of thiol groups is 2. The molecule has 0 saturated heterocycles. The zero-order valence-corrected chi connectivity index (χ0v) is 48.7. The van der Waals surface area contributed by atoms with Crippen molar-refractivity contribution in [1.29, 1.82) is 0 Å². The summed E-state index contributed by atoms with van der Waals surface area (Å²) in [7, 11) is 0. The average molecular weight is 1090 g/mol. The lowest BCUT2D eigenvalue weighted by molar-refractivity contribution is 0.495. The predicted molar refractivity (Wildman–Crippen MR) is 351 cm³/mol. The maximum Gasteiger partial charge on any atom is 0.126 e. The third kappa shape index (κ3) is 11.4. The van der Waals surface area contributed by atoms with Crippen LogP contribution in [0.3, 0.4) is 0 Å². The van der Waals surface area contributed by atoms with Crippen molar-refractivity contribution in [3.63, 3.8) is 0 Å². The van der Waals surface area contributed by atoms with Gasteiger partial charge in [0.15, 0.2) is 0 Å². The Hall–Kier alpha value is -7.97. The van der Waals surface area contributed by atoms with Crippen molar-refractivity contribution in [3.8, 4) is 44.5 Å². The van der Waals surface area contributed by atoms with Gasteiger partial charge in [-0.25, -0.2) is 0 Å². The molecule has 6 heteroatoms. The minimum absolute atomic E-state index is 0.0978. The van der Waals surface area contributed by atoms with E-state index in [1.807, 2.05) is 49.4 Å². The fraction of sp³-hybridized carbons (Fsp3) is 0.160. The second-order valence-corrected chi connectivity index (χ2v) is 22.2. The molecule has 4 aliphatic rings. The first-order valence-electron chi connectivity index (χ1n) is 28.2. The molecule has 13 rings (SSSR count). The molecule has 1 aliphatic heterocycles. The summed E-state index contributed by atoms with van der Waals surface area (Å²) in [4.78, 5) is 8.91. The minimum atomic E-state index is -0.359. The van der Waals surface area contributed by atoms with Crippen LogP contribution >= 0.6 is 25.3 Å². The van der Waals surface area contributed by atoms with Crippen LogP contribution in [0.5, 0.6) is 0 Å². The molecule has 0 amide bonds. The van der Waals surface area contributed by atoms with Gasteiger partial charge in [-0.2, -0.15) is 12.6 Å². The van der Waals surface area contributed by atoms with Gasteiger partial charge in [0.2, 0.25) is 0 Å². The smallest absolute Gasteiger partial charge is 0.126 e. The number of nitrogens with one attached hydrogen (secondary N) is 1. The summed E-state index contributed by atoms with van der Waals surface area (Å²) in [6.45, 7) is 8.91. The summed E-state index contributed by atoms with van der Waals surface area (Å²) >= 11 is 7.73. The number of rotatable bonds is 11. The van der Waals surface area contributed by atoms with Gasteiger partial charge >= 0.3 is 0 Å². The van der Waals surface area contributed by atoms with Crippen molar-refractivity contribution in [2.24, 2.45) is 10.7 Å². The van der Waals surface area contributed by atoms with Crippen molar-refractivity contribution in [2.75, 3.05) is 11.2 Å². The van der Waals surface area contributed by atoms with Crippen LogP contribution in [0.2, 0.25) is 0 Å². The molecule has 0 aromatic heterocycles. The lowest BCUT2D eigenvalue weighted by Crippen LogP contribution is -2.38.